The second-order valence-electron chi connectivity index (χ2n) is 5.32. The number of aliphatic hydroxyl groups is 1. The van der Waals surface area contributed by atoms with Gasteiger partial charge in [-0.1, -0.05) is 29.3 Å². The van der Waals surface area contributed by atoms with Gasteiger partial charge in [0.25, 0.3) is 5.56 Å². The Morgan fingerprint density at radius 1 is 1.25 bits per heavy atom. The van der Waals surface area contributed by atoms with E-state index in [9.17, 15) is 14.7 Å². The molecule has 0 atom stereocenters. The third-order valence-electron chi connectivity index (χ3n) is 3.76. The smallest absolute Gasteiger partial charge is 0.329 e. The van der Waals surface area contributed by atoms with Crippen molar-refractivity contribution in [2.24, 2.45) is 7.05 Å². The number of nitrogens with zero attached hydrogens (tertiary/aromatic N) is 3. The van der Waals surface area contributed by atoms with E-state index in [1.807, 2.05) is 0 Å². The van der Waals surface area contributed by atoms with Crippen LogP contribution in [0, 0.1) is 0 Å². The predicted octanol–water partition coefficient (Wildman–Crippen LogP) is 1.31. The minimum absolute atomic E-state index is 0.165. The molecule has 3 rings (SSSR count). The van der Waals surface area contributed by atoms with E-state index in [4.69, 9.17) is 23.2 Å². The zero-order valence-corrected chi connectivity index (χ0v) is 14.2. The first-order chi connectivity index (χ1) is 11.4. The van der Waals surface area contributed by atoms with Gasteiger partial charge in [-0.3, -0.25) is 14.3 Å². The lowest BCUT2D eigenvalue weighted by molar-refractivity contribution is 0.276. The molecule has 0 saturated heterocycles. The first-order valence-electron chi connectivity index (χ1n) is 7.15. The molecule has 0 aliphatic carbocycles. The van der Waals surface area contributed by atoms with E-state index in [1.165, 1.54) is 11.6 Å². The van der Waals surface area contributed by atoms with Crippen LogP contribution in [0.1, 0.15) is 11.4 Å². The van der Waals surface area contributed by atoms with E-state index in [0.717, 1.165) is 5.56 Å². The van der Waals surface area contributed by atoms with Crippen molar-refractivity contribution in [3.05, 3.63) is 60.5 Å². The Morgan fingerprint density at radius 2 is 2.00 bits per heavy atom. The highest BCUT2D eigenvalue weighted by atomic mass is 35.5. The van der Waals surface area contributed by atoms with Crippen molar-refractivity contribution in [1.29, 1.82) is 0 Å². The molecule has 0 saturated carbocycles. The van der Waals surface area contributed by atoms with Crippen LogP contribution in [0.5, 0.6) is 0 Å². The van der Waals surface area contributed by atoms with Crippen molar-refractivity contribution < 1.29 is 5.11 Å². The third kappa shape index (κ3) is 2.86. The Morgan fingerprint density at radius 3 is 2.67 bits per heavy atom. The second-order valence-corrected chi connectivity index (χ2v) is 6.13. The number of fused-ring (bicyclic) bond motifs is 1. The molecule has 0 amide bonds. The van der Waals surface area contributed by atoms with Crippen LogP contribution in [-0.2, 0) is 20.0 Å². The molecular formula is C15H14Cl2N4O3. The summed E-state index contributed by atoms with van der Waals surface area (Å²) in [4.78, 5) is 30.6. The van der Waals surface area contributed by atoms with Crippen LogP contribution in [-0.4, -0.2) is 30.8 Å². The highest BCUT2D eigenvalue weighted by Gasteiger charge is 2.17. The zero-order chi connectivity index (χ0) is 17.4. The van der Waals surface area contributed by atoms with Gasteiger partial charge in [0, 0.05) is 20.0 Å². The molecule has 2 aromatic heterocycles. The normalized spacial score (nSPS) is 11.3. The van der Waals surface area contributed by atoms with E-state index in [1.54, 1.807) is 22.8 Å². The number of aliphatic hydroxyl groups excluding tert-OH is 1. The minimum atomic E-state index is -0.540. The number of aromatic nitrogens is 4. The minimum Gasteiger partial charge on any atom is -0.395 e. The van der Waals surface area contributed by atoms with Gasteiger partial charge in [-0.2, -0.15) is 0 Å². The molecule has 0 fully saturated rings. The van der Waals surface area contributed by atoms with Gasteiger partial charge < -0.3 is 9.67 Å². The van der Waals surface area contributed by atoms with E-state index in [2.05, 4.69) is 9.97 Å². The Balaban J connectivity index is 2.19. The zero-order valence-electron chi connectivity index (χ0n) is 12.7. The van der Waals surface area contributed by atoms with Gasteiger partial charge in [0.05, 0.1) is 16.7 Å². The summed E-state index contributed by atoms with van der Waals surface area (Å²) in [6, 6.07) is 5.21. The SMILES string of the molecule is Cn1c(=O)[nH]c(=O)c2c1nc(Cc1ccc(Cl)c(Cl)c1)n2CCO. The maximum atomic E-state index is 12.2. The molecule has 126 valence electrons. The van der Waals surface area contributed by atoms with Gasteiger partial charge in [-0.25, -0.2) is 9.78 Å². The summed E-state index contributed by atoms with van der Waals surface area (Å²) >= 11 is 11.9. The molecule has 0 aliphatic heterocycles. The second kappa shape index (κ2) is 6.43. The fraction of sp³-hybridized carbons (Fsp3) is 0.267. The van der Waals surface area contributed by atoms with Crippen molar-refractivity contribution in [3.63, 3.8) is 0 Å². The number of halogens is 2. The maximum Gasteiger partial charge on any atom is 0.329 e. The molecule has 1 aromatic carbocycles. The Kier molecular flexibility index (Phi) is 4.49. The molecule has 2 heterocycles. The van der Waals surface area contributed by atoms with Gasteiger partial charge in [0.15, 0.2) is 11.2 Å². The lowest BCUT2D eigenvalue weighted by atomic mass is 10.1. The first kappa shape index (κ1) is 16.8. The molecule has 0 bridgehead atoms. The Hall–Kier alpha value is -2.09. The van der Waals surface area contributed by atoms with Gasteiger partial charge in [0.1, 0.15) is 5.82 Å². The number of hydrogen-bond acceptors (Lipinski definition) is 4. The van der Waals surface area contributed by atoms with Crippen LogP contribution < -0.4 is 11.2 Å². The van der Waals surface area contributed by atoms with Crippen LogP contribution in [0.3, 0.4) is 0 Å². The third-order valence-corrected chi connectivity index (χ3v) is 4.50. The number of hydrogen-bond donors (Lipinski definition) is 2. The number of imidazole rings is 1. The standard InChI is InChI=1S/C15H14Cl2N4O3/c1-20-13-12(14(23)19-15(20)24)21(4-5-22)11(18-13)7-8-2-3-9(16)10(17)6-8/h2-3,6,22H,4-5,7H2,1H3,(H,19,23,24). The largest absolute Gasteiger partial charge is 0.395 e. The van der Waals surface area contributed by atoms with E-state index >= 15 is 0 Å². The molecule has 3 aromatic rings. The van der Waals surface area contributed by atoms with Gasteiger partial charge in [0.2, 0.25) is 0 Å². The van der Waals surface area contributed by atoms with Crippen molar-refractivity contribution in [2.75, 3.05) is 6.61 Å². The molecular weight excluding hydrogens is 355 g/mol. The van der Waals surface area contributed by atoms with Gasteiger partial charge in [-0.05, 0) is 17.7 Å². The summed E-state index contributed by atoms with van der Waals surface area (Å²) in [7, 11) is 1.53. The number of nitrogens with one attached hydrogen (secondary N) is 1. The first-order valence-corrected chi connectivity index (χ1v) is 7.91. The van der Waals surface area contributed by atoms with E-state index in [-0.39, 0.29) is 24.3 Å². The molecule has 0 aliphatic rings. The maximum absolute atomic E-state index is 12.2. The predicted molar refractivity (Wildman–Crippen MR) is 91.9 cm³/mol. The number of rotatable bonds is 4. The lowest BCUT2D eigenvalue weighted by Gasteiger charge is -2.07. The average Bonchev–Trinajstić information content (AvgIpc) is 2.88. The molecule has 0 radical (unpaired) electrons. The van der Waals surface area contributed by atoms with Gasteiger partial charge >= 0.3 is 5.69 Å². The Labute approximate surface area is 146 Å². The molecule has 9 heteroatoms. The number of benzene rings is 1. The van der Waals surface area contributed by atoms with Crippen LogP contribution >= 0.6 is 23.2 Å². The van der Waals surface area contributed by atoms with Crippen molar-refractivity contribution in [1.82, 2.24) is 19.1 Å². The molecule has 0 spiro atoms. The number of aryl methyl sites for hydroxylation is 1. The van der Waals surface area contributed by atoms with Crippen LogP contribution in [0.25, 0.3) is 11.2 Å². The summed E-state index contributed by atoms with van der Waals surface area (Å²) in [6.07, 6.45) is 0.374. The topological polar surface area (TPSA) is 92.9 Å². The number of aromatic amines is 1. The van der Waals surface area contributed by atoms with Crippen molar-refractivity contribution in [3.8, 4) is 0 Å². The molecule has 0 unspecified atom stereocenters. The van der Waals surface area contributed by atoms with E-state index in [0.29, 0.717) is 22.3 Å². The highest BCUT2D eigenvalue weighted by Crippen LogP contribution is 2.24. The average molecular weight is 369 g/mol. The lowest BCUT2D eigenvalue weighted by Crippen LogP contribution is -2.29. The van der Waals surface area contributed by atoms with Crippen LogP contribution in [0.2, 0.25) is 10.0 Å². The fourth-order valence-corrected chi connectivity index (χ4v) is 2.91. The van der Waals surface area contributed by atoms with Gasteiger partial charge in [-0.15, -0.1) is 0 Å². The quantitative estimate of drug-likeness (QED) is 0.725. The molecule has 24 heavy (non-hydrogen) atoms. The summed E-state index contributed by atoms with van der Waals surface area (Å²) in [6.45, 7) is 0.0244. The molecule has 2 N–H and O–H groups in total. The summed E-state index contributed by atoms with van der Waals surface area (Å²) in [5, 5.41) is 10.2. The summed E-state index contributed by atoms with van der Waals surface area (Å²) < 4.78 is 2.87. The fourth-order valence-electron chi connectivity index (χ4n) is 2.59. The number of H-pyrrole nitrogens is 1. The van der Waals surface area contributed by atoms with Crippen LogP contribution in [0.15, 0.2) is 27.8 Å². The summed E-state index contributed by atoms with van der Waals surface area (Å²) in [5.41, 5.74) is 0.297. The van der Waals surface area contributed by atoms with Crippen molar-refractivity contribution in [2.45, 2.75) is 13.0 Å². The monoisotopic (exact) mass is 368 g/mol. The molecule has 7 nitrogen and oxygen atoms in total. The summed E-state index contributed by atoms with van der Waals surface area (Å²) in [5.74, 6) is 0.545. The van der Waals surface area contributed by atoms with E-state index < -0.39 is 11.2 Å². The van der Waals surface area contributed by atoms with Crippen LogP contribution in [0.4, 0.5) is 0 Å². The Bertz CT molecular complexity index is 1040. The van der Waals surface area contributed by atoms with Crippen molar-refractivity contribution >= 4 is 34.4 Å². The highest BCUT2D eigenvalue weighted by molar-refractivity contribution is 6.42.